The molecule has 116 valence electrons. The quantitative estimate of drug-likeness (QED) is 0.896. The second-order valence-corrected chi connectivity index (χ2v) is 5.23. The van der Waals surface area contributed by atoms with Crippen LogP contribution in [-0.4, -0.2) is 30.5 Å². The van der Waals surface area contributed by atoms with E-state index in [1.54, 1.807) is 0 Å². The van der Waals surface area contributed by atoms with Crippen LogP contribution in [0.25, 0.3) is 0 Å². The van der Waals surface area contributed by atoms with Crippen molar-refractivity contribution in [1.82, 2.24) is 15.6 Å². The molecular formula is C14H18F3N3O. The minimum atomic E-state index is -4.49. The maximum Gasteiger partial charge on any atom is 0.433 e. The van der Waals surface area contributed by atoms with Gasteiger partial charge in [-0.25, -0.2) is 4.98 Å². The molecule has 0 radical (unpaired) electrons. The van der Waals surface area contributed by atoms with Gasteiger partial charge in [-0.2, -0.15) is 13.2 Å². The summed E-state index contributed by atoms with van der Waals surface area (Å²) in [5, 5.41) is 5.98. The van der Waals surface area contributed by atoms with Crippen LogP contribution in [0.4, 0.5) is 13.2 Å². The van der Waals surface area contributed by atoms with E-state index in [0.29, 0.717) is 12.5 Å². The molecule has 1 unspecified atom stereocenters. The maximum atomic E-state index is 12.5. The Balaban J connectivity index is 1.92. The Morgan fingerprint density at radius 2 is 2.24 bits per heavy atom. The molecule has 0 saturated carbocycles. The second kappa shape index (κ2) is 6.43. The van der Waals surface area contributed by atoms with Gasteiger partial charge in [0.1, 0.15) is 5.69 Å². The number of carbonyl (C=O) groups excluding carboxylic acids is 1. The van der Waals surface area contributed by atoms with Crippen molar-refractivity contribution < 1.29 is 18.0 Å². The summed E-state index contributed by atoms with van der Waals surface area (Å²) >= 11 is 0. The second-order valence-electron chi connectivity index (χ2n) is 5.23. The minimum Gasteiger partial charge on any atom is -0.352 e. The van der Waals surface area contributed by atoms with Gasteiger partial charge in [0.15, 0.2) is 0 Å². The van der Waals surface area contributed by atoms with E-state index < -0.39 is 11.9 Å². The van der Waals surface area contributed by atoms with Crippen molar-refractivity contribution in [3.05, 3.63) is 29.1 Å². The highest BCUT2D eigenvalue weighted by atomic mass is 19.4. The van der Waals surface area contributed by atoms with Crippen molar-refractivity contribution in [2.45, 2.75) is 25.9 Å². The van der Waals surface area contributed by atoms with Gasteiger partial charge in [0.2, 0.25) is 0 Å². The number of aryl methyl sites for hydroxylation is 1. The standard InChI is InChI=1S/C14H18F3N3O/c1-9-11(2-3-12(20-9)14(15,16)17)13(21)19-7-5-10-4-6-18-8-10/h2-3,10,18H,4-8H2,1H3,(H,19,21). The molecule has 2 N–H and O–H groups in total. The van der Waals surface area contributed by atoms with E-state index in [-0.39, 0.29) is 17.2 Å². The molecular weight excluding hydrogens is 283 g/mol. The molecule has 1 aliphatic rings. The van der Waals surface area contributed by atoms with Gasteiger partial charge in [0.25, 0.3) is 5.91 Å². The van der Waals surface area contributed by atoms with Crippen molar-refractivity contribution in [1.29, 1.82) is 0 Å². The predicted octanol–water partition coefficient (Wildman–Crippen LogP) is 2.14. The van der Waals surface area contributed by atoms with Crippen molar-refractivity contribution in [2.24, 2.45) is 5.92 Å². The molecule has 0 spiro atoms. The first kappa shape index (κ1) is 15.8. The van der Waals surface area contributed by atoms with Gasteiger partial charge in [-0.3, -0.25) is 4.79 Å². The fourth-order valence-electron chi connectivity index (χ4n) is 2.40. The normalized spacial score (nSPS) is 18.8. The number of nitrogens with one attached hydrogen (secondary N) is 2. The number of alkyl halides is 3. The lowest BCUT2D eigenvalue weighted by Crippen LogP contribution is -2.27. The Labute approximate surface area is 121 Å². The van der Waals surface area contributed by atoms with Crippen molar-refractivity contribution in [3.8, 4) is 0 Å². The number of nitrogens with zero attached hydrogens (tertiary/aromatic N) is 1. The summed E-state index contributed by atoms with van der Waals surface area (Å²) < 4.78 is 37.5. The number of aromatic nitrogens is 1. The number of halogens is 3. The lowest BCUT2D eigenvalue weighted by atomic mass is 10.1. The Morgan fingerprint density at radius 1 is 1.48 bits per heavy atom. The molecule has 0 aromatic carbocycles. The maximum absolute atomic E-state index is 12.5. The van der Waals surface area contributed by atoms with Gasteiger partial charge in [-0.15, -0.1) is 0 Å². The topological polar surface area (TPSA) is 54.0 Å². The first-order valence-electron chi connectivity index (χ1n) is 6.91. The fraction of sp³-hybridized carbons (Fsp3) is 0.571. The average molecular weight is 301 g/mol. The zero-order valence-corrected chi connectivity index (χ0v) is 11.8. The molecule has 2 rings (SSSR count). The summed E-state index contributed by atoms with van der Waals surface area (Å²) in [7, 11) is 0. The Hall–Kier alpha value is -1.63. The molecule has 21 heavy (non-hydrogen) atoms. The summed E-state index contributed by atoms with van der Waals surface area (Å²) in [6.45, 7) is 3.88. The predicted molar refractivity (Wildman–Crippen MR) is 71.9 cm³/mol. The lowest BCUT2D eigenvalue weighted by Gasteiger charge is -2.12. The lowest BCUT2D eigenvalue weighted by molar-refractivity contribution is -0.141. The van der Waals surface area contributed by atoms with Crippen LogP contribution in [0.1, 0.15) is 34.6 Å². The van der Waals surface area contributed by atoms with E-state index in [1.165, 1.54) is 13.0 Å². The van der Waals surface area contributed by atoms with E-state index in [1.807, 2.05) is 0 Å². The first-order valence-corrected chi connectivity index (χ1v) is 6.91. The third-order valence-electron chi connectivity index (χ3n) is 3.62. The SMILES string of the molecule is Cc1nc(C(F)(F)F)ccc1C(=O)NCCC1CCNC1. The highest BCUT2D eigenvalue weighted by Crippen LogP contribution is 2.28. The highest BCUT2D eigenvalue weighted by molar-refractivity contribution is 5.95. The van der Waals surface area contributed by atoms with Crippen LogP contribution in [0.15, 0.2) is 12.1 Å². The molecule has 2 heterocycles. The molecule has 1 aromatic heterocycles. The van der Waals surface area contributed by atoms with E-state index in [0.717, 1.165) is 32.0 Å². The number of rotatable bonds is 4. The average Bonchev–Trinajstić information content (AvgIpc) is 2.90. The summed E-state index contributed by atoms with van der Waals surface area (Å²) in [4.78, 5) is 15.4. The van der Waals surface area contributed by atoms with E-state index in [9.17, 15) is 18.0 Å². The summed E-state index contributed by atoms with van der Waals surface area (Å²) in [5.41, 5.74) is -0.703. The molecule has 1 saturated heterocycles. The third kappa shape index (κ3) is 4.17. The van der Waals surface area contributed by atoms with Crippen LogP contribution in [-0.2, 0) is 6.18 Å². The smallest absolute Gasteiger partial charge is 0.352 e. The zero-order chi connectivity index (χ0) is 15.5. The Kier molecular flexibility index (Phi) is 4.82. The molecule has 0 aliphatic carbocycles. The van der Waals surface area contributed by atoms with E-state index in [2.05, 4.69) is 15.6 Å². The molecule has 1 aliphatic heterocycles. The van der Waals surface area contributed by atoms with Gasteiger partial charge in [-0.1, -0.05) is 0 Å². The monoisotopic (exact) mass is 301 g/mol. The van der Waals surface area contributed by atoms with Crippen LogP contribution in [0, 0.1) is 12.8 Å². The van der Waals surface area contributed by atoms with Gasteiger partial charge in [-0.05, 0) is 50.9 Å². The molecule has 1 atom stereocenters. The fourth-order valence-corrected chi connectivity index (χ4v) is 2.40. The van der Waals surface area contributed by atoms with Crippen molar-refractivity contribution >= 4 is 5.91 Å². The summed E-state index contributed by atoms with van der Waals surface area (Å²) in [6.07, 6.45) is -2.53. The summed E-state index contributed by atoms with van der Waals surface area (Å²) in [5.74, 6) is 0.178. The van der Waals surface area contributed by atoms with Gasteiger partial charge >= 0.3 is 6.18 Å². The minimum absolute atomic E-state index is 0.0878. The summed E-state index contributed by atoms with van der Waals surface area (Å²) in [6, 6.07) is 2.01. The Bertz CT molecular complexity index is 511. The molecule has 1 amide bonds. The number of carbonyl (C=O) groups is 1. The van der Waals surface area contributed by atoms with Gasteiger partial charge in [0, 0.05) is 6.54 Å². The highest BCUT2D eigenvalue weighted by Gasteiger charge is 2.33. The van der Waals surface area contributed by atoms with Gasteiger partial charge < -0.3 is 10.6 Å². The van der Waals surface area contributed by atoms with Crippen LogP contribution < -0.4 is 10.6 Å². The van der Waals surface area contributed by atoms with Crippen molar-refractivity contribution in [3.63, 3.8) is 0 Å². The van der Waals surface area contributed by atoms with Crippen LogP contribution in [0.3, 0.4) is 0 Å². The molecule has 1 fully saturated rings. The largest absolute Gasteiger partial charge is 0.433 e. The Morgan fingerprint density at radius 3 is 2.81 bits per heavy atom. The zero-order valence-electron chi connectivity index (χ0n) is 11.8. The molecule has 4 nitrogen and oxygen atoms in total. The number of hydrogen-bond donors (Lipinski definition) is 2. The molecule has 7 heteroatoms. The van der Waals surface area contributed by atoms with Crippen LogP contribution >= 0.6 is 0 Å². The molecule has 1 aromatic rings. The third-order valence-corrected chi connectivity index (χ3v) is 3.62. The number of amides is 1. The van der Waals surface area contributed by atoms with E-state index in [4.69, 9.17) is 0 Å². The van der Waals surface area contributed by atoms with Crippen molar-refractivity contribution in [2.75, 3.05) is 19.6 Å². The molecule has 0 bridgehead atoms. The van der Waals surface area contributed by atoms with Crippen LogP contribution in [0.2, 0.25) is 0 Å². The van der Waals surface area contributed by atoms with E-state index >= 15 is 0 Å². The van der Waals surface area contributed by atoms with Crippen LogP contribution in [0.5, 0.6) is 0 Å². The number of hydrogen-bond acceptors (Lipinski definition) is 3. The van der Waals surface area contributed by atoms with Gasteiger partial charge in [0.05, 0.1) is 11.3 Å². The number of pyridine rings is 1. The first-order chi connectivity index (χ1) is 9.88.